The number of ether oxygens (including phenoxy) is 1. The fraction of sp³-hybridized carbons (Fsp3) is 0.0556. The van der Waals surface area contributed by atoms with Crippen LogP contribution in [0.15, 0.2) is 57.7 Å². The maximum absolute atomic E-state index is 13.5. The largest absolute Gasteiger partial charge is 0.450 e. The monoisotopic (exact) mass is 359 g/mol. The van der Waals surface area contributed by atoms with Crippen molar-refractivity contribution < 1.29 is 27.5 Å². The maximum Gasteiger partial charge on any atom is 0.374 e. The molecular weight excluding hydrogens is 348 g/mol. The number of benzene rings is 2. The van der Waals surface area contributed by atoms with Gasteiger partial charge in [0, 0.05) is 12.1 Å². The molecule has 0 aliphatic heterocycles. The summed E-state index contributed by atoms with van der Waals surface area (Å²) in [6.07, 6.45) is 0. The second kappa shape index (κ2) is 7.14. The first-order valence-corrected chi connectivity index (χ1v) is 7.39. The summed E-state index contributed by atoms with van der Waals surface area (Å²) in [7, 11) is 0. The van der Waals surface area contributed by atoms with Crippen LogP contribution < -0.4 is 10.7 Å². The minimum atomic E-state index is -1.03. The Morgan fingerprint density at radius 1 is 1.08 bits per heavy atom. The number of hydrogen-bond acceptors (Lipinski definition) is 5. The predicted octanol–water partition coefficient (Wildman–Crippen LogP) is 2.87. The molecule has 0 unspecified atom stereocenters. The van der Waals surface area contributed by atoms with Gasteiger partial charge in [-0.25, -0.2) is 13.6 Å². The summed E-state index contributed by atoms with van der Waals surface area (Å²) in [5, 5.41) is 2.43. The Labute approximate surface area is 145 Å². The number of nitrogens with one attached hydrogen (secondary N) is 1. The van der Waals surface area contributed by atoms with E-state index >= 15 is 0 Å². The van der Waals surface area contributed by atoms with E-state index in [1.165, 1.54) is 6.07 Å². The van der Waals surface area contributed by atoms with Crippen molar-refractivity contribution in [3.63, 3.8) is 0 Å². The molecular formula is C18H11F2NO5. The molecule has 3 aromatic rings. The van der Waals surface area contributed by atoms with Gasteiger partial charge in [0.15, 0.2) is 12.0 Å². The predicted molar refractivity (Wildman–Crippen MR) is 87.8 cm³/mol. The molecule has 0 saturated heterocycles. The highest BCUT2D eigenvalue weighted by molar-refractivity contribution is 5.95. The van der Waals surface area contributed by atoms with E-state index in [1.54, 1.807) is 18.2 Å². The van der Waals surface area contributed by atoms with Crippen molar-refractivity contribution in [1.82, 2.24) is 0 Å². The van der Waals surface area contributed by atoms with Gasteiger partial charge in [-0.1, -0.05) is 12.1 Å². The van der Waals surface area contributed by atoms with E-state index in [-0.39, 0.29) is 17.0 Å². The number of fused-ring (bicyclic) bond motifs is 1. The molecule has 0 aliphatic carbocycles. The lowest BCUT2D eigenvalue weighted by Crippen LogP contribution is -2.22. The first kappa shape index (κ1) is 17.3. The third-order valence-electron chi connectivity index (χ3n) is 3.38. The Hall–Kier alpha value is -3.55. The molecule has 6 nitrogen and oxygen atoms in total. The first-order valence-electron chi connectivity index (χ1n) is 7.39. The number of carbonyl (C=O) groups is 2. The van der Waals surface area contributed by atoms with Gasteiger partial charge in [0.1, 0.15) is 17.2 Å². The maximum atomic E-state index is 13.5. The highest BCUT2D eigenvalue weighted by atomic mass is 19.1. The molecule has 1 aromatic heterocycles. The van der Waals surface area contributed by atoms with Crippen LogP contribution in [0.5, 0.6) is 0 Å². The zero-order valence-corrected chi connectivity index (χ0v) is 13.1. The molecule has 2 aromatic carbocycles. The second-order valence-corrected chi connectivity index (χ2v) is 5.22. The van der Waals surface area contributed by atoms with E-state index in [4.69, 9.17) is 9.15 Å². The minimum Gasteiger partial charge on any atom is -0.450 e. The topological polar surface area (TPSA) is 85.6 Å². The Balaban J connectivity index is 1.67. The quantitative estimate of drug-likeness (QED) is 0.724. The summed E-state index contributed by atoms with van der Waals surface area (Å²) in [4.78, 5) is 35.6. The summed E-state index contributed by atoms with van der Waals surface area (Å²) >= 11 is 0. The Kier molecular flexibility index (Phi) is 4.74. The van der Waals surface area contributed by atoms with Gasteiger partial charge in [-0.2, -0.15) is 0 Å². The standard InChI is InChI=1S/C18H11F2NO5/c19-10-5-6-13(12(20)7-10)21-17(23)9-25-18(24)16-8-14(22)11-3-1-2-4-15(11)26-16/h1-8H,9H2,(H,21,23). The SMILES string of the molecule is O=C(COC(=O)c1cc(=O)c2ccccc2o1)Nc1ccc(F)cc1F. The van der Waals surface area contributed by atoms with Gasteiger partial charge in [0.2, 0.25) is 5.76 Å². The molecule has 0 bridgehead atoms. The lowest BCUT2D eigenvalue weighted by Gasteiger charge is -2.07. The fourth-order valence-corrected chi connectivity index (χ4v) is 2.18. The van der Waals surface area contributed by atoms with Gasteiger partial charge in [-0.3, -0.25) is 9.59 Å². The molecule has 132 valence electrons. The molecule has 0 radical (unpaired) electrons. The molecule has 0 spiro atoms. The van der Waals surface area contributed by atoms with Crippen molar-refractivity contribution in [2.24, 2.45) is 0 Å². The summed E-state index contributed by atoms with van der Waals surface area (Å²) in [6.45, 7) is -0.744. The molecule has 1 amide bonds. The number of carbonyl (C=O) groups excluding carboxylic acids is 2. The summed E-state index contributed by atoms with van der Waals surface area (Å²) in [5.41, 5.74) is -0.494. The number of halogens is 2. The highest BCUT2D eigenvalue weighted by Gasteiger charge is 2.16. The molecule has 26 heavy (non-hydrogen) atoms. The molecule has 1 heterocycles. The van der Waals surface area contributed by atoms with Gasteiger partial charge >= 0.3 is 5.97 Å². The molecule has 3 rings (SSSR count). The van der Waals surface area contributed by atoms with Crippen LogP contribution in [0.25, 0.3) is 11.0 Å². The molecule has 8 heteroatoms. The number of anilines is 1. The van der Waals surface area contributed by atoms with Crippen molar-refractivity contribution in [1.29, 1.82) is 0 Å². The van der Waals surface area contributed by atoms with Crippen LogP contribution in [0, 0.1) is 11.6 Å². The molecule has 1 N–H and O–H groups in total. The van der Waals surface area contributed by atoms with Crippen molar-refractivity contribution >= 4 is 28.5 Å². The van der Waals surface area contributed by atoms with Gasteiger partial charge in [0.25, 0.3) is 5.91 Å². The summed E-state index contributed by atoms with van der Waals surface area (Å²) < 4.78 is 36.3. The van der Waals surface area contributed by atoms with Gasteiger partial charge < -0.3 is 14.5 Å². The van der Waals surface area contributed by atoms with Gasteiger partial charge in [-0.05, 0) is 24.3 Å². The molecule has 0 aliphatic rings. The Bertz CT molecular complexity index is 1060. The molecule has 0 saturated carbocycles. The van der Waals surface area contributed by atoms with Gasteiger partial charge in [0.05, 0.1) is 11.1 Å². The Morgan fingerprint density at radius 3 is 2.62 bits per heavy atom. The third-order valence-corrected chi connectivity index (χ3v) is 3.38. The zero-order valence-electron chi connectivity index (χ0n) is 13.1. The average molecular weight is 359 g/mol. The number of amides is 1. The van der Waals surface area contributed by atoms with E-state index < -0.39 is 35.5 Å². The van der Waals surface area contributed by atoms with Gasteiger partial charge in [-0.15, -0.1) is 0 Å². The average Bonchev–Trinajstić information content (AvgIpc) is 2.62. The number of para-hydroxylation sites is 1. The normalized spacial score (nSPS) is 10.5. The lowest BCUT2D eigenvalue weighted by atomic mass is 10.2. The zero-order chi connectivity index (χ0) is 18.7. The van der Waals surface area contributed by atoms with E-state index in [0.717, 1.165) is 18.2 Å². The van der Waals surface area contributed by atoms with Crippen molar-refractivity contribution in [2.45, 2.75) is 0 Å². The number of esters is 1. The number of rotatable bonds is 4. The number of hydrogen-bond donors (Lipinski definition) is 1. The second-order valence-electron chi connectivity index (χ2n) is 5.22. The summed E-state index contributed by atoms with van der Waals surface area (Å²) in [6, 6.07) is 9.90. The van der Waals surface area contributed by atoms with Crippen LogP contribution in [-0.2, 0) is 9.53 Å². The lowest BCUT2D eigenvalue weighted by molar-refractivity contribution is -0.119. The van der Waals surface area contributed by atoms with E-state index in [1.807, 2.05) is 0 Å². The van der Waals surface area contributed by atoms with Crippen molar-refractivity contribution in [3.8, 4) is 0 Å². The van der Waals surface area contributed by atoms with Crippen LogP contribution in [-0.4, -0.2) is 18.5 Å². The minimum absolute atomic E-state index is 0.199. The van der Waals surface area contributed by atoms with Crippen LogP contribution in [0.4, 0.5) is 14.5 Å². The first-order chi connectivity index (χ1) is 12.4. The van der Waals surface area contributed by atoms with E-state index in [0.29, 0.717) is 11.5 Å². The smallest absolute Gasteiger partial charge is 0.374 e. The Morgan fingerprint density at radius 2 is 1.85 bits per heavy atom. The van der Waals surface area contributed by atoms with Crippen LogP contribution in [0.3, 0.4) is 0 Å². The van der Waals surface area contributed by atoms with E-state index in [9.17, 15) is 23.2 Å². The van der Waals surface area contributed by atoms with Crippen LogP contribution in [0.1, 0.15) is 10.6 Å². The van der Waals surface area contributed by atoms with Crippen molar-refractivity contribution in [3.05, 3.63) is 76.1 Å². The van der Waals surface area contributed by atoms with E-state index in [2.05, 4.69) is 5.32 Å². The van der Waals surface area contributed by atoms with Crippen LogP contribution in [0.2, 0.25) is 0 Å². The fourth-order valence-electron chi connectivity index (χ4n) is 2.18. The summed E-state index contributed by atoms with van der Waals surface area (Å²) in [5.74, 6) is -3.99. The molecule has 0 atom stereocenters. The third kappa shape index (κ3) is 3.75. The van der Waals surface area contributed by atoms with Crippen molar-refractivity contribution in [2.75, 3.05) is 11.9 Å². The van der Waals surface area contributed by atoms with Crippen LogP contribution >= 0.6 is 0 Å². The highest BCUT2D eigenvalue weighted by Crippen LogP contribution is 2.15. The molecule has 0 fully saturated rings.